The van der Waals surface area contributed by atoms with Crippen molar-refractivity contribution in [3.63, 3.8) is 0 Å². The van der Waals surface area contributed by atoms with Crippen molar-refractivity contribution in [3.8, 4) is 5.69 Å². The summed E-state index contributed by atoms with van der Waals surface area (Å²) in [6, 6.07) is 20.9. The Morgan fingerprint density at radius 2 is 1.78 bits per heavy atom. The fourth-order valence-electron chi connectivity index (χ4n) is 4.64. The maximum absolute atomic E-state index is 13.1. The Kier molecular flexibility index (Phi) is 5.71. The SMILES string of the molecule is Cc1oc(=O)oc1COC(=O)C(C)(C)Sc1nc2ccccc2n1-c1ccc(C2CC2)c2ccccc12. The van der Waals surface area contributed by atoms with E-state index in [1.54, 1.807) is 20.8 Å². The van der Waals surface area contributed by atoms with Crippen LogP contribution in [0.5, 0.6) is 0 Å². The highest BCUT2D eigenvalue weighted by atomic mass is 32.2. The van der Waals surface area contributed by atoms with Crippen molar-refractivity contribution in [1.29, 1.82) is 0 Å². The monoisotopic (exact) mass is 514 g/mol. The van der Waals surface area contributed by atoms with Crippen LogP contribution in [0.3, 0.4) is 0 Å². The Labute approximate surface area is 217 Å². The molecule has 37 heavy (non-hydrogen) atoms. The van der Waals surface area contributed by atoms with E-state index >= 15 is 0 Å². The summed E-state index contributed by atoms with van der Waals surface area (Å²) in [5, 5.41) is 3.10. The quantitative estimate of drug-likeness (QED) is 0.180. The fraction of sp³-hybridized carbons (Fsp3) is 0.276. The highest BCUT2D eigenvalue weighted by Gasteiger charge is 2.34. The second-order valence-corrected chi connectivity index (χ2v) is 11.4. The minimum Gasteiger partial charge on any atom is -0.456 e. The lowest BCUT2D eigenvalue weighted by Crippen LogP contribution is -2.30. The van der Waals surface area contributed by atoms with E-state index in [1.807, 2.05) is 24.3 Å². The molecular formula is C29H26N2O5S. The van der Waals surface area contributed by atoms with E-state index in [0.717, 1.165) is 22.1 Å². The number of aromatic nitrogens is 2. The Balaban J connectivity index is 1.39. The lowest BCUT2D eigenvalue weighted by Gasteiger charge is -2.22. The predicted molar refractivity (Wildman–Crippen MR) is 142 cm³/mol. The van der Waals surface area contributed by atoms with Crippen LogP contribution < -0.4 is 5.82 Å². The van der Waals surface area contributed by atoms with Crippen LogP contribution in [0.25, 0.3) is 27.5 Å². The normalized spacial score (nSPS) is 13.9. The van der Waals surface area contributed by atoms with Crippen LogP contribution in [-0.2, 0) is 16.1 Å². The third kappa shape index (κ3) is 4.35. The Morgan fingerprint density at radius 1 is 1.05 bits per heavy atom. The first-order valence-electron chi connectivity index (χ1n) is 12.3. The van der Waals surface area contributed by atoms with Gasteiger partial charge in [-0.2, -0.15) is 0 Å². The van der Waals surface area contributed by atoms with E-state index in [1.165, 1.54) is 35.6 Å². The minimum absolute atomic E-state index is 0.177. The molecule has 0 unspecified atom stereocenters. The summed E-state index contributed by atoms with van der Waals surface area (Å²) in [7, 11) is 0. The molecule has 0 bridgehead atoms. The molecule has 0 spiro atoms. The molecule has 0 atom stereocenters. The Bertz CT molecular complexity index is 1710. The number of hydrogen-bond acceptors (Lipinski definition) is 7. The lowest BCUT2D eigenvalue weighted by atomic mass is 9.99. The molecule has 7 nitrogen and oxygen atoms in total. The molecule has 1 aliphatic rings. The number of thioether (sulfide) groups is 1. The summed E-state index contributed by atoms with van der Waals surface area (Å²) < 4.78 is 16.5. The summed E-state index contributed by atoms with van der Waals surface area (Å²) in [5.41, 5.74) is 4.23. The molecule has 6 rings (SSSR count). The molecule has 188 valence electrons. The third-order valence-electron chi connectivity index (χ3n) is 6.73. The third-order valence-corrected chi connectivity index (χ3v) is 7.86. The highest BCUT2D eigenvalue weighted by Crippen LogP contribution is 2.45. The summed E-state index contributed by atoms with van der Waals surface area (Å²) in [6.45, 7) is 5.02. The standard InChI is InChI=1S/C29H26N2O5S/c1-17-25(36-28(33)35-17)16-34-26(32)29(2,3)37-27-30-22-10-6-7-11-24(22)31(27)23-15-14-19(18-12-13-18)20-8-4-5-9-21(20)23/h4-11,14-15,18H,12-13,16H2,1-3H3. The van der Waals surface area contributed by atoms with Crippen molar-refractivity contribution in [3.05, 3.63) is 88.4 Å². The van der Waals surface area contributed by atoms with Crippen molar-refractivity contribution < 1.29 is 18.4 Å². The second-order valence-electron chi connectivity index (χ2n) is 9.83. The summed E-state index contributed by atoms with van der Waals surface area (Å²) in [6.07, 6.45) is 2.47. The number of esters is 1. The van der Waals surface area contributed by atoms with Gasteiger partial charge in [0.15, 0.2) is 23.3 Å². The molecule has 1 fully saturated rings. The molecule has 1 aliphatic carbocycles. The first-order valence-corrected chi connectivity index (χ1v) is 13.1. The van der Waals surface area contributed by atoms with Crippen LogP contribution >= 0.6 is 11.8 Å². The number of para-hydroxylation sites is 2. The van der Waals surface area contributed by atoms with Gasteiger partial charge in [0, 0.05) is 5.39 Å². The number of hydrogen-bond donors (Lipinski definition) is 0. The average Bonchev–Trinajstić information content (AvgIpc) is 3.59. The highest BCUT2D eigenvalue weighted by molar-refractivity contribution is 8.01. The van der Waals surface area contributed by atoms with E-state index in [-0.39, 0.29) is 12.4 Å². The number of ether oxygens (including phenoxy) is 1. The number of imidazole rings is 1. The van der Waals surface area contributed by atoms with E-state index < -0.39 is 16.5 Å². The molecule has 3 aromatic carbocycles. The van der Waals surface area contributed by atoms with Gasteiger partial charge in [0.25, 0.3) is 0 Å². The molecule has 2 heterocycles. The van der Waals surface area contributed by atoms with Gasteiger partial charge in [-0.25, -0.2) is 9.78 Å². The number of carbonyl (C=O) groups is 1. The molecule has 0 N–H and O–H groups in total. The van der Waals surface area contributed by atoms with Crippen LogP contribution in [-0.4, -0.2) is 20.3 Å². The van der Waals surface area contributed by atoms with Gasteiger partial charge in [0.05, 0.1) is 16.7 Å². The van der Waals surface area contributed by atoms with Crippen LogP contribution in [0.1, 0.15) is 49.7 Å². The van der Waals surface area contributed by atoms with E-state index in [0.29, 0.717) is 16.8 Å². The maximum Gasteiger partial charge on any atom is 0.519 e. The predicted octanol–water partition coefficient (Wildman–Crippen LogP) is 6.52. The van der Waals surface area contributed by atoms with Gasteiger partial charge in [-0.15, -0.1) is 0 Å². The lowest BCUT2D eigenvalue weighted by molar-refractivity contribution is -0.147. The Morgan fingerprint density at radius 3 is 2.51 bits per heavy atom. The van der Waals surface area contributed by atoms with Crippen molar-refractivity contribution in [2.45, 2.75) is 56.0 Å². The van der Waals surface area contributed by atoms with Crippen molar-refractivity contribution in [2.75, 3.05) is 0 Å². The van der Waals surface area contributed by atoms with Gasteiger partial charge in [0.1, 0.15) is 4.75 Å². The fourth-order valence-corrected chi connectivity index (χ4v) is 5.67. The summed E-state index contributed by atoms with van der Waals surface area (Å²) >= 11 is 1.34. The maximum atomic E-state index is 13.1. The minimum atomic E-state index is -0.971. The van der Waals surface area contributed by atoms with Crippen LogP contribution in [0.15, 0.2) is 79.4 Å². The molecular weight excluding hydrogens is 488 g/mol. The van der Waals surface area contributed by atoms with Gasteiger partial charge in [-0.3, -0.25) is 9.36 Å². The van der Waals surface area contributed by atoms with Gasteiger partial charge in [-0.05, 0) is 68.7 Å². The van der Waals surface area contributed by atoms with Gasteiger partial charge < -0.3 is 13.6 Å². The number of carbonyl (C=O) groups excluding carboxylic acids is 1. The largest absolute Gasteiger partial charge is 0.519 e. The number of benzene rings is 3. The van der Waals surface area contributed by atoms with E-state index in [2.05, 4.69) is 41.0 Å². The number of rotatable bonds is 7. The van der Waals surface area contributed by atoms with Crippen LogP contribution in [0.2, 0.25) is 0 Å². The average molecular weight is 515 g/mol. The zero-order chi connectivity index (χ0) is 25.7. The zero-order valence-corrected chi connectivity index (χ0v) is 21.6. The molecule has 1 saturated carbocycles. The first-order chi connectivity index (χ1) is 17.8. The van der Waals surface area contributed by atoms with Crippen LogP contribution in [0, 0.1) is 6.92 Å². The molecule has 0 amide bonds. The zero-order valence-electron chi connectivity index (χ0n) is 20.8. The summed E-state index contributed by atoms with van der Waals surface area (Å²) in [5.74, 6) is -0.136. The molecule has 2 aromatic heterocycles. The first kappa shape index (κ1) is 23.6. The van der Waals surface area contributed by atoms with Crippen molar-refractivity contribution in [1.82, 2.24) is 9.55 Å². The van der Waals surface area contributed by atoms with Gasteiger partial charge in [0.2, 0.25) is 0 Å². The summed E-state index contributed by atoms with van der Waals surface area (Å²) in [4.78, 5) is 29.4. The molecule has 0 aliphatic heterocycles. The van der Waals surface area contributed by atoms with E-state index in [9.17, 15) is 9.59 Å². The van der Waals surface area contributed by atoms with Crippen molar-refractivity contribution >= 4 is 39.5 Å². The molecule has 5 aromatic rings. The van der Waals surface area contributed by atoms with Gasteiger partial charge >= 0.3 is 11.8 Å². The smallest absolute Gasteiger partial charge is 0.456 e. The number of nitrogens with zero attached hydrogens (tertiary/aromatic N) is 2. The van der Waals surface area contributed by atoms with Crippen molar-refractivity contribution in [2.24, 2.45) is 0 Å². The number of aryl methyl sites for hydroxylation is 1. The van der Waals surface area contributed by atoms with Crippen LogP contribution in [0.4, 0.5) is 0 Å². The molecule has 0 saturated heterocycles. The number of fused-ring (bicyclic) bond motifs is 2. The molecule has 8 heteroatoms. The second kappa shape index (κ2) is 8.95. The molecule has 0 radical (unpaired) electrons. The van der Waals surface area contributed by atoms with Gasteiger partial charge in [-0.1, -0.05) is 54.2 Å². The topological polar surface area (TPSA) is 87.5 Å². The van der Waals surface area contributed by atoms with E-state index in [4.69, 9.17) is 18.6 Å². The Hall–Kier alpha value is -3.78.